The number of fused-ring (bicyclic) bond motifs is 2. The summed E-state index contributed by atoms with van der Waals surface area (Å²) >= 11 is 0. The standard InChI is InChI=1S/C21H34O7/c1-5-20(3,4)19(26)27-12-14-9-17-8-13(2)21(14,28-17)7-6-15(22)10-16(23)11-18(24)25/h6-7,13-17,22-23H,5,8-12H2,1-4H3,(H,24,25)/b7-6+/t13-,14+,15+,16+,17-,21+/m0/s1. The van der Waals surface area contributed by atoms with Gasteiger partial charge in [-0.1, -0.05) is 26.0 Å². The number of ether oxygens (including phenoxy) is 2. The van der Waals surface area contributed by atoms with Gasteiger partial charge in [-0.15, -0.1) is 0 Å². The molecule has 0 aromatic heterocycles. The second kappa shape index (κ2) is 8.93. The molecule has 2 saturated heterocycles. The SMILES string of the molecule is CCC(C)(C)C(=O)OC[C@H]1C[C@@H]2C[C@H](C)[C@@]1(/C=C/[C@@H](O)C[C@@H](O)CC(=O)O)O2. The molecule has 0 aromatic carbocycles. The van der Waals surface area contributed by atoms with Gasteiger partial charge in [-0.2, -0.15) is 0 Å². The molecule has 28 heavy (non-hydrogen) atoms. The lowest BCUT2D eigenvalue weighted by Crippen LogP contribution is -2.42. The molecular weight excluding hydrogens is 364 g/mol. The van der Waals surface area contributed by atoms with Crippen molar-refractivity contribution in [3.05, 3.63) is 12.2 Å². The largest absolute Gasteiger partial charge is 0.481 e. The Kier molecular flexibility index (Phi) is 7.28. The third kappa shape index (κ3) is 5.13. The number of carbonyl (C=O) groups excluding carboxylic acids is 1. The molecule has 0 amide bonds. The van der Waals surface area contributed by atoms with Crippen molar-refractivity contribution in [1.29, 1.82) is 0 Å². The first-order valence-corrected chi connectivity index (χ1v) is 10.1. The average molecular weight is 398 g/mol. The van der Waals surface area contributed by atoms with Crippen molar-refractivity contribution in [3.8, 4) is 0 Å². The Balaban J connectivity index is 2.02. The van der Waals surface area contributed by atoms with Crippen molar-refractivity contribution in [3.63, 3.8) is 0 Å². The molecule has 7 nitrogen and oxygen atoms in total. The van der Waals surface area contributed by atoms with Crippen LogP contribution >= 0.6 is 0 Å². The molecule has 0 radical (unpaired) electrons. The summed E-state index contributed by atoms with van der Waals surface area (Å²) in [7, 11) is 0. The van der Waals surface area contributed by atoms with Gasteiger partial charge in [-0.25, -0.2) is 0 Å². The van der Waals surface area contributed by atoms with Crippen molar-refractivity contribution in [1.82, 2.24) is 0 Å². The molecule has 0 saturated carbocycles. The molecule has 2 aliphatic heterocycles. The van der Waals surface area contributed by atoms with E-state index >= 15 is 0 Å². The van der Waals surface area contributed by atoms with Crippen LogP contribution in [0, 0.1) is 17.3 Å². The number of aliphatic hydroxyl groups excluding tert-OH is 2. The van der Waals surface area contributed by atoms with Crippen LogP contribution in [0.4, 0.5) is 0 Å². The maximum atomic E-state index is 12.3. The molecule has 0 aliphatic carbocycles. The zero-order valence-electron chi connectivity index (χ0n) is 17.3. The summed E-state index contributed by atoms with van der Waals surface area (Å²) in [5, 5.41) is 28.6. The van der Waals surface area contributed by atoms with E-state index in [1.165, 1.54) is 0 Å². The molecule has 2 fully saturated rings. The van der Waals surface area contributed by atoms with Crippen molar-refractivity contribution in [2.45, 2.75) is 83.7 Å². The van der Waals surface area contributed by atoms with E-state index in [9.17, 15) is 19.8 Å². The highest BCUT2D eigenvalue weighted by Crippen LogP contribution is 2.52. The normalized spacial score (nSPS) is 31.9. The molecular formula is C21H34O7. The lowest BCUT2D eigenvalue weighted by molar-refractivity contribution is -0.157. The topological polar surface area (TPSA) is 113 Å². The van der Waals surface area contributed by atoms with Crippen molar-refractivity contribution in [2.24, 2.45) is 17.3 Å². The van der Waals surface area contributed by atoms with Crippen LogP contribution in [0.25, 0.3) is 0 Å². The Morgan fingerprint density at radius 1 is 1.32 bits per heavy atom. The molecule has 6 atom stereocenters. The molecule has 3 N–H and O–H groups in total. The van der Waals surface area contributed by atoms with Crippen LogP contribution in [0.15, 0.2) is 12.2 Å². The first-order chi connectivity index (χ1) is 13.0. The van der Waals surface area contributed by atoms with Gasteiger partial charge in [-0.3, -0.25) is 9.59 Å². The number of aliphatic carboxylic acids is 1. The second-order valence-electron chi connectivity index (χ2n) is 8.91. The summed E-state index contributed by atoms with van der Waals surface area (Å²) in [5.41, 5.74) is -1.14. The van der Waals surface area contributed by atoms with E-state index in [-0.39, 0.29) is 36.9 Å². The highest BCUT2D eigenvalue weighted by molar-refractivity contribution is 5.75. The lowest BCUT2D eigenvalue weighted by Gasteiger charge is -2.35. The minimum Gasteiger partial charge on any atom is -0.481 e. The van der Waals surface area contributed by atoms with Crippen LogP contribution in [0.1, 0.15) is 59.8 Å². The van der Waals surface area contributed by atoms with E-state index < -0.39 is 35.6 Å². The fraction of sp³-hybridized carbons (Fsp3) is 0.810. The van der Waals surface area contributed by atoms with Crippen LogP contribution in [0.2, 0.25) is 0 Å². The van der Waals surface area contributed by atoms with Gasteiger partial charge in [0.1, 0.15) is 0 Å². The number of hydrogen-bond donors (Lipinski definition) is 3. The zero-order valence-corrected chi connectivity index (χ0v) is 17.3. The summed E-state index contributed by atoms with van der Waals surface area (Å²) in [4.78, 5) is 23.0. The molecule has 0 unspecified atom stereocenters. The third-order valence-electron chi connectivity index (χ3n) is 6.30. The van der Waals surface area contributed by atoms with Crippen molar-refractivity contribution in [2.75, 3.05) is 6.61 Å². The van der Waals surface area contributed by atoms with Gasteiger partial charge in [0, 0.05) is 12.3 Å². The Morgan fingerprint density at radius 2 is 2.00 bits per heavy atom. The van der Waals surface area contributed by atoms with Gasteiger partial charge in [0.05, 0.1) is 42.4 Å². The number of hydrogen-bond acceptors (Lipinski definition) is 6. The second-order valence-corrected chi connectivity index (χ2v) is 8.91. The van der Waals surface area contributed by atoms with Gasteiger partial charge < -0.3 is 24.8 Å². The van der Waals surface area contributed by atoms with Gasteiger partial charge in [0.15, 0.2) is 0 Å². The Morgan fingerprint density at radius 3 is 2.57 bits per heavy atom. The fourth-order valence-corrected chi connectivity index (χ4v) is 4.13. The number of rotatable bonds is 10. The van der Waals surface area contributed by atoms with Gasteiger partial charge in [0.25, 0.3) is 0 Å². The summed E-state index contributed by atoms with van der Waals surface area (Å²) < 4.78 is 11.8. The van der Waals surface area contributed by atoms with Crippen LogP contribution in [0.3, 0.4) is 0 Å². The van der Waals surface area contributed by atoms with E-state index in [0.717, 1.165) is 12.8 Å². The van der Waals surface area contributed by atoms with E-state index in [1.807, 2.05) is 26.8 Å². The van der Waals surface area contributed by atoms with Gasteiger partial charge >= 0.3 is 11.9 Å². The van der Waals surface area contributed by atoms with Crippen LogP contribution in [-0.2, 0) is 19.1 Å². The summed E-state index contributed by atoms with van der Waals surface area (Å²) in [6, 6.07) is 0. The van der Waals surface area contributed by atoms with E-state index in [4.69, 9.17) is 14.6 Å². The van der Waals surface area contributed by atoms with Gasteiger partial charge in [0.2, 0.25) is 0 Å². The maximum absolute atomic E-state index is 12.3. The quantitative estimate of drug-likeness (QED) is 0.382. The van der Waals surface area contributed by atoms with Crippen molar-refractivity contribution >= 4 is 11.9 Å². The third-order valence-corrected chi connectivity index (χ3v) is 6.30. The maximum Gasteiger partial charge on any atom is 0.311 e. The number of carbonyl (C=O) groups is 2. The highest BCUT2D eigenvalue weighted by Gasteiger charge is 2.56. The van der Waals surface area contributed by atoms with Gasteiger partial charge in [-0.05, 0) is 39.0 Å². The number of carboxylic acid groups (broad SMARTS) is 1. The Bertz CT molecular complexity index is 600. The van der Waals surface area contributed by atoms with E-state index in [2.05, 4.69) is 6.92 Å². The molecule has 160 valence electrons. The monoisotopic (exact) mass is 398 g/mol. The predicted molar refractivity (Wildman–Crippen MR) is 103 cm³/mol. The van der Waals surface area contributed by atoms with Crippen molar-refractivity contribution < 1.29 is 34.4 Å². The first kappa shape index (κ1) is 22.8. The molecule has 2 aliphatic rings. The molecule has 7 heteroatoms. The minimum absolute atomic E-state index is 0.00486. The molecule has 2 bridgehead atoms. The Labute approximate surface area is 166 Å². The van der Waals surface area contributed by atoms with Crippen LogP contribution in [-0.4, -0.2) is 57.8 Å². The summed E-state index contributed by atoms with van der Waals surface area (Å²) in [6.07, 6.45) is 3.37. The smallest absolute Gasteiger partial charge is 0.311 e. The first-order valence-electron chi connectivity index (χ1n) is 10.1. The predicted octanol–water partition coefficient (Wildman–Crippen LogP) is 2.29. The summed E-state index contributed by atoms with van der Waals surface area (Å²) in [6.45, 7) is 8.03. The molecule has 2 rings (SSSR count). The average Bonchev–Trinajstić information content (AvgIpc) is 3.10. The summed E-state index contributed by atoms with van der Waals surface area (Å²) in [5.74, 6) is -1.11. The molecule has 0 spiro atoms. The van der Waals surface area contributed by atoms with E-state index in [1.54, 1.807) is 6.08 Å². The van der Waals surface area contributed by atoms with Crippen LogP contribution < -0.4 is 0 Å². The highest BCUT2D eigenvalue weighted by atomic mass is 16.5. The zero-order chi connectivity index (χ0) is 21.1. The molecule has 2 heterocycles. The minimum atomic E-state index is -1.11. The van der Waals surface area contributed by atoms with Crippen LogP contribution in [0.5, 0.6) is 0 Å². The lowest BCUT2D eigenvalue weighted by atomic mass is 9.72. The fourth-order valence-electron chi connectivity index (χ4n) is 4.13. The number of esters is 1. The number of carboxylic acids is 1. The Hall–Kier alpha value is -1.44. The number of aliphatic hydroxyl groups is 2. The molecule has 0 aromatic rings. The van der Waals surface area contributed by atoms with E-state index in [0.29, 0.717) is 6.42 Å².